The summed E-state index contributed by atoms with van der Waals surface area (Å²) in [6.07, 6.45) is 9.86. The van der Waals surface area contributed by atoms with Gasteiger partial charge in [-0.05, 0) is 44.4 Å². The van der Waals surface area contributed by atoms with Crippen molar-refractivity contribution in [3.05, 3.63) is 0 Å². The fraction of sp³-hybridized carbons (Fsp3) is 0.875. The van der Waals surface area contributed by atoms with Gasteiger partial charge in [0.2, 0.25) is 11.8 Å². The molecule has 3 rings (SSSR count). The second-order valence-electron chi connectivity index (χ2n) is 6.76. The average molecular weight is 278 g/mol. The Bertz CT molecular complexity index is 384. The van der Waals surface area contributed by atoms with Crippen LogP contribution in [0.1, 0.15) is 64.7 Å². The summed E-state index contributed by atoms with van der Waals surface area (Å²) in [6, 6.07) is 0.418. The molecule has 0 aromatic rings. The Morgan fingerprint density at radius 3 is 2.40 bits per heavy atom. The van der Waals surface area contributed by atoms with Crippen LogP contribution in [-0.4, -0.2) is 34.8 Å². The third-order valence-electron chi connectivity index (χ3n) is 5.08. The molecule has 4 nitrogen and oxygen atoms in total. The highest BCUT2D eigenvalue weighted by molar-refractivity contribution is 6.06. The van der Waals surface area contributed by atoms with Gasteiger partial charge in [0.1, 0.15) is 0 Å². The lowest BCUT2D eigenvalue weighted by Gasteiger charge is -2.30. The van der Waals surface area contributed by atoms with Crippen molar-refractivity contribution in [3.8, 4) is 0 Å². The van der Waals surface area contributed by atoms with Gasteiger partial charge in [0.25, 0.3) is 0 Å². The lowest BCUT2D eigenvalue weighted by molar-refractivity contribution is -0.139. The lowest BCUT2D eigenvalue weighted by Crippen LogP contribution is -2.45. The molecule has 3 fully saturated rings. The molecule has 1 aliphatic heterocycles. The van der Waals surface area contributed by atoms with Crippen molar-refractivity contribution in [1.29, 1.82) is 0 Å². The van der Waals surface area contributed by atoms with Crippen molar-refractivity contribution in [1.82, 2.24) is 10.2 Å². The summed E-state index contributed by atoms with van der Waals surface area (Å²) in [4.78, 5) is 25.7. The number of likely N-dealkylation sites (tertiary alicyclic amines) is 1. The lowest BCUT2D eigenvalue weighted by atomic mass is 9.83. The molecule has 2 amide bonds. The van der Waals surface area contributed by atoms with Crippen LogP contribution in [0.15, 0.2) is 0 Å². The number of nitrogens with zero attached hydrogens (tertiary/aromatic N) is 1. The Hall–Kier alpha value is -0.900. The van der Waals surface area contributed by atoms with E-state index in [4.69, 9.17) is 0 Å². The van der Waals surface area contributed by atoms with E-state index >= 15 is 0 Å². The van der Waals surface area contributed by atoms with Gasteiger partial charge in [0.15, 0.2) is 0 Å². The number of hydrogen-bond donors (Lipinski definition) is 1. The zero-order valence-electron chi connectivity index (χ0n) is 12.4. The van der Waals surface area contributed by atoms with Gasteiger partial charge in [0.05, 0.1) is 12.5 Å². The summed E-state index contributed by atoms with van der Waals surface area (Å²) in [5.41, 5.74) is 0. The molecule has 1 saturated heterocycles. The molecule has 0 spiro atoms. The van der Waals surface area contributed by atoms with Crippen molar-refractivity contribution >= 4 is 11.8 Å². The van der Waals surface area contributed by atoms with Gasteiger partial charge >= 0.3 is 0 Å². The topological polar surface area (TPSA) is 49.4 Å². The molecule has 1 unspecified atom stereocenters. The number of amides is 2. The van der Waals surface area contributed by atoms with E-state index in [1.165, 1.54) is 30.6 Å². The maximum absolute atomic E-state index is 12.3. The van der Waals surface area contributed by atoms with Crippen molar-refractivity contribution in [2.24, 2.45) is 5.92 Å². The standard InChI is InChI=1S/C16H26N2O2/c1-2-3-11-4-6-12(7-5-11)17-14-10-15(19)18(16(14)20)13-8-9-13/h11-14,17H,2-10H2,1H3. The quantitative estimate of drug-likeness (QED) is 0.785. The molecular weight excluding hydrogens is 252 g/mol. The maximum atomic E-state index is 12.3. The summed E-state index contributed by atoms with van der Waals surface area (Å²) in [5.74, 6) is 0.949. The third-order valence-corrected chi connectivity index (χ3v) is 5.08. The van der Waals surface area contributed by atoms with E-state index in [9.17, 15) is 9.59 Å². The van der Waals surface area contributed by atoms with Gasteiger partial charge in [-0.2, -0.15) is 0 Å². The monoisotopic (exact) mass is 278 g/mol. The Morgan fingerprint density at radius 1 is 1.10 bits per heavy atom. The smallest absolute Gasteiger partial charge is 0.247 e. The number of hydrogen-bond acceptors (Lipinski definition) is 3. The molecule has 4 heteroatoms. The second-order valence-corrected chi connectivity index (χ2v) is 6.76. The average Bonchev–Trinajstić information content (AvgIpc) is 3.21. The summed E-state index contributed by atoms with van der Waals surface area (Å²) in [5, 5.41) is 3.46. The summed E-state index contributed by atoms with van der Waals surface area (Å²) >= 11 is 0. The van der Waals surface area contributed by atoms with Crippen molar-refractivity contribution < 1.29 is 9.59 Å². The van der Waals surface area contributed by atoms with Gasteiger partial charge in [-0.3, -0.25) is 14.5 Å². The van der Waals surface area contributed by atoms with Gasteiger partial charge in [-0.1, -0.05) is 19.8 Å². The highest BCUT2D eigenvalue weighted by Gasteiger charge is 2.46. The first-order valence-electron chi connectivity index (χ1n) is 8.31. The maximum Gasteiger partial charge on any atom is 0.247 e. The highest BCUT2D eigenvalue weighted by Crippen LogP contribution is 2.33. The van der Waals surface area contributed by atoms with Crippen molar-refractivity contribution in [3.63, 3.8) is 0 Å². The minimum absolute atomic E-state index is 0.0354. The predicted molar refractivity (Wildman–Crippen MR) is 77.1 cm³/mol. The summed E-state index contributed by atoms with van der Waals surface area (Å²) in [7, 11) is 0. The Morgan fingerprint density at radius 2 is 1.80 bits per heavy atom. The molecular formula is C16H26N2O2. The van der Waals surface area contributed by atoms with E-state index < -0.39 is 0 Å². The first kappa shape index (κ1) is 14.1. The normalized spacial score (nSPS) is 34.9. The van der Waals surface area contributed by atoms with Crippen molar-refractivity contribution in [2.45, 2.75) is 82.8 Å². The summed E-state index contributed by atoms with van der Waals surface area (Å²) in [6.45, 7) is 2.25. The van der Waals surface area contributed by atoms with E-state index in [0.29, 0.717) is 12.5 Å². The minimum atomic E-state index is -0.240. The molecule has 0 radical (unpaired) electrons. The first-order valence-corrected chi connectivity index (χ1v) is 8.31. The molecule has 1 heterocycles. The summed E-state index contributed by atoms with van der Waals surface area (Å²) < 4.78 is 0. The van der Waals surface area contributed by atoms with Crippen LogP contribution in [-0.2, 0) is 9.59 Å². The van der Waals surface area contributed by atoms with E-state index in [2.05, 4.69) is 12.2 Å². The van der Waals surface area contributed by atoms with E-state index in [1.54, 1.807) is 0 Å². The molecule has 0 bridgehead atoms. The first-order chi connectivity index (χ1) is 9.69. The van der Waals surface area contributed by atoms with Crippen molar-refractivity contribution in [2.75, 3.05) is 0 Å². The van der Waals surface area contributed by atoms with E-state index in [1.807, 2.05) is 0 Å². The molecule has 0 aromatic carbocycles. The molecule has 1 N–H and O–H groups in total. The van der Waals surface area contributed by atoms with Crippen LogP contribution in [0.25, 0.3) is 0 Å². The van der Waals surface area contributed by atoms with Gasteiger partial charge in [-0.15, -0.1) is 0 Å². The van der Waals surface area contributed by atoms with Gasteiger partial charge in [0, 0.05) is 12.1 Å². The molecule has 2 saturated carbocycles. The van der Waals surface area contributed by atoms with Crippen LogP contribution in [0, 0.1) is 5.92 Å². The number of nitrogens with one attached hydrogen (secondary N) is 1. The van der Waals surface area contributed by atoms with Gasteiger partial charge < -0.3 is 5.32 Å². The second kappa shape index (κ2) is 5.84. The largest absolute Gasteiger partial charge is 0.303 e. The van der Waals surface area contributed by atoms with Crippen LogP contribution in [0.5, 0.6) is 0 Å². The number of carbonyl (C=O) groups is 2. The van der Waals surface area contributed by atoms with Crippen LogP contribution in [0.4, 0.5) is 0 Å². The zero-order valence-corrected chi connectivity index (χ0v) is 12.4. The SMILES string of the molecule is CCCC1CCC(NC2CC(=O)N(C3CC3)C2=O)CC1. The van der Waals surface area contributed by atoms with E-state index in [0.717, 1.165) is 31.6 Å². The Balaban J connectivity index is 1.49. The molecule has 0 aromatic heterocycles. The zero-order chi connectivity index (χ0) is 14.1. The Kier molecular flexibility index (Phi) is 4.11. The fourth-order valence-corrected chi connectivity index (χ4v) is 3.81. The minimum Gasteiger partial charge on any atom is -0.303 e. The molecule has 112 valence electrons. The highest BCUT2D eigenvalue weighted by atomic mass is 16.2. The number of imide groups is 1. The van der Waals surface area contributed by atoms with Gasteiger partial charge in [-0.25, -0.2) is 0 Å². The molecule has 2 aliphatic carbocycles. The van der Waals surface area contributed by atoms with Crippen LogP contribution >= 0.6 is 0 Å². The third kappa shape index (κ3) is 2.90. The molecule has 20 heavy (non-hydrogen) atoms. The molecule has 3 aliphatic rings. The Labute approximate surface area is 121 Å². The molecule has 1 atom stereocenters. The van der Waals surface area contributed by atoms with E-state index in [-0.39, 0.29) is 23.9 Å². The number of rotatable bonds is 5. The predicted octanol–water partition coefficient (Wildman–Crippen LogP) is 2.22. The van der Waals surface area contributed by atoms with Crippen LogP contribution < -0.4 is 5.32 Å². The fourth-order valence-electron chi connectivity index (χ4n) is 3.81. The van der Waals surface area contributed by atoms with Crippen LogP contribution in [0.2, 0.25) is 0 Å². The number of carbonyl (C=O) groups excluding carboxylic acids is 2. The van der Waals surface area contributed by atoms with Crippen LogP contribution in [0.3, 0.4) is 0 Å².